The number of sulfonamides is 1. The highest BCUT2D eigenvalue weighted by Gasteiger charge is 2.29. The van der Waals surface area contributed by atoms with Crippen LogP contribution in [0.1, 0.15) is 19.8 Å². The SMILES string of the molecule is CC(CCl)CS(=O)(=O)N1CCN(CC2CCCO2)CC1. The van der Waals surface area contributed by atoms with E-state index in [1.54, 1.807) is 4.31 Å². The van der Waals surface area contributed by atoms with Gasteiger partial charge in [-0.25, -0.2) is 8.42 Å². The Morgan fingerprint density at radius 1 is 1.30 bits per heavy atom. The van der Waals surface area contributed by atoms with E-state index in [1.807, 2.05) is 6.92 Å². The number of piperazine rings is 1. The molecule has 0 bridgehead atoms. The van der Waals surface area contributed by atoms with Crippen LogP contribution in [0.4, 0.5) is 0 Å². The fourth-order valence-corrected chi connectivity index (χ4v) is 4.78. The van der Waals surface area contributed by atoms with Gasteiger partial charge in [-0.15, -0.1) is 11.6 Å². The van der Waals surface area contributed by atoms with E-state index in [0.29, 0.717) is 25.1 Å². The smallest absolute Gasteiger partial charge is 0.214 e. The fourth-order valence-electron chi connectivity index (χ4n) is 2.78. The van der Waals surface area contributed by atoms with Crippen molar-refractivity contribution >= 4 is 21.6 Å². The summed E-state index contributed by atoms with van der Waals surface area (Å²) in [5.74, 6) is 0.548. The lowest BCUT2D eigenvalue weighted by atomic mass is 10.2. The molecule has 2 unspecified atom stereocenters. The van der Waals surface area contributed by atoms with Gasteiger partial charge in [-0.05, 0) is 18.8 Å². The van der Waals surface area contributed by atoms with Gasteiger partial charge < -0.3 is 4.74 Å². The Bertz CT molecular complexity index is 390. The van der Waals surface area contributed by atoms with Crippen LogP contribution in [0.5, 0.6) is 0 Å². The molecular weight excluding hydrogens is 300 g/mol. The van der Waals surface area contributed by atoms with Crippen molar-refractivity contribution in [1.82, 2.24) is 9.21 Å². The van der Waals surface area contributed by atoms with Crippen LogP contribution in [0.3, 0.4) is 0 Å². The third kappa shape index (κ3) is 4.56. The minimum Gasteiger partial charge on any atom is -0.377 e. The molecule has 118 valence electrons. The Labute approximate surface area is 127 Å². The number of rotatable bonds is 6. The lowest BCUT2D eigenvalue weighted by Crippen LogP contribution is -2.51. The van der Waals surface area contributed by atoms with Gasteiger partial charge in [0.25, 0.3) is 0 Å². The molecule has 2 aliphatic heterocycles. The first-order valence-corrected chi connectivity index (χ1v) is 9.53. The second-order valence-corrected chi connectivity index (χ2v) is 8.19. The Balaban J connectivity index is 1.78. The molecule has 2 aliphatic rings. The van der Waals surface area contributed by atoms with Crippen LogP contribution in [0.25, 0.3) is 0 Å². The van der Waals surface area contributed by atoms with Crippen LogP contribution in [-0.2, 0) is 14.8 Å². The second-order valence-electron chi connectivity index (χ2n) is 5.87. The molecule has 0 radical (unpaired) electrons. The molecule has 2 fully saturated rings. The van der Waals surface area contributed by atoms with E-state index in [1.165, 1.54) is 0 Å². The quantitative estimate of drug-likeness (QED) is 0.684. The molecule has 0 aromatic carbocycles. The van der Waals surface area contributed by atoms with Crippen molar-refractivity contribution in [1.29, 1.82) is 0 Å². The summed E-state index contributed by atoms with van der Waals surface area (Å²) < 4.78 is 31.7. The van der Waals surface area contributed by atoms with Gasteiger partial charge in [-0.1, -0.05) is 6.92 Å². The molecule has 0 spiro atoms. The minimum atomic E-state index is -3.15. The summed E-state index contributed by atoms with van der Waals surface area (Å²) in [5, 5.41) is 0. The molecule has 2 atom stereocenters. The topological polar surface area (TPSA) is 49.9 Å². The summed E-state index contributed by atoms with van der Waals surface area (Å²) in [6.45, 7) is 6.45. The first-order valence-electron chi connectivity index (χ1n) is 7.39. The van der Waals surface area contributed by atoms with Gasteiger partial charge >= 0.3 is 0 Å². The molecule has 0 aliphatic carbocycles. The first-order chi connectivity index (χ1) is 9.51. The van der Waals surface area contributed by atoms with Crippen molar-refractivity contribution in [2.24, 2.45) is 5.92 Å². The van der Waals surface area contributed by atoms with Gasteiger partial charge in [0.1, 0.15) is 0 Å². The maximum atomic E-state index is 12.2. The standard InChI is InChI=1S/C13H25ClN2O3S/c1-12(9-14)11-20(17,18)16-6-4-15(5-7-16)10-13-3-2-8-19-13/h12-13H,2-11H2,1H3. The second kappa shape index (κ2) is 7.40. The van der Waals surface area contributed by atoms with Crippen molar-refractivity contribution < 1.29 is 13.2 Å². The normalized spacial score (nSPS) is 27.8. The Morgan fingerprint density at radius 3 is 2.55 bits per heavy atom. The van der Waals surface area contributed by atoms with Crippen molar-refractivity contribution in [2.45, 2.75) is 25.9 Å². The Morgan fingerprint density at radius 2 is 2.00 bits per heavy atom. The molecule has 2 saturated heterocycles. The number of halogens is 1. The molecule has 2 heterocycles. The van der Waals surface area contributed by atoms with E-state index in [0.717, 1.165) is 39.1 Å². The largest absolute Gasteiger partial charge is 0.377 e. The van der Waals surface area contributed by atoms with Crippen LogP contribution in [0.2, 0.25) is 0 Å². The average Bonchev–Trinajstić information content (AvgIpc) is 2.91. The van der Waals surface area contributed by atoms with Gasteiger partial charge in [0.15, 0.2) is 0 Å². The van der Waals surface area contributed by atoms with Crippen LogP contribution >= 0.6 is 11.6 Å². The lowest BCUT2D eigenvalue weighted by molar-refractivity contribution is 0.0617. The van der Waals surface area contributed by atoms with Gasteiger partial charge in [-0.3, -0.25) is 4.90 Å². The summed E-state index contributed by atoms with van der Waals surface area (Å²) in [6, 6.07) is 0. The van der Waals surface area contributed by atoms with Crippen LogP contribution < -0.4 is 0 Å². The zero-order valence-electron chi connectivity index (χ0n) is 12.1. The molecule has 0 N–H and O–H groups in total. The molecule has 0 saturated carbocycles. The average molecular weight is 325 g/mol. The van der Waals surface area contributed by atoms with E-state index in [9.17, 15) is 8.42 Å². The van der Waals surface area contributed by atoms with Crippen molar-refractivity contribution in [3.8, 4) is 0 Å². The summed E-state index contributed by atoms with van der Waals surface area (Å²) in [5.41, 5.74) is 0. The van der Waals surface area contributed by atoms with Crippen LogP contribution in [0.15, 0.2) is 0 Å². The predicted octanol–water partition coefficient (Wildman–Crippen LogP) is 0.988. The monoisotopic (exact) mass is 324 g/mol. The Kier molecular flexibility index (Phi) is 6.10. The molecule has 5 nitrogen and oxygen atoms in total. The third-order valence-corrected chi connectivity index (χ3v) is 6.64. The van der Waals surface area contributed by atoms with Gasteiger partial charge in [0.05, 0.1) is 11.9 Å². The summed E-state index contributed by atoms with van der Waals surface area (Å²) in [4.78, 5) is 2.31. The fraction of sp³-hybridized carbons (Fsp3) is 1.00. The van der Waals surface area contributed by atoms with Crippen LogP contribution in [-0.4, -0.2) is 74.7 Å². The maximum Gasteiger partial charge on any atom is 0.214 e. The van der Waals surface area contributed by atoms with E-state index in [2.05, 4.69) is 4.90 Å². The zero-order chi connectivity index (χ0) is 14.6. The van der Waals surface area contributed by atoms with Crippen molar-refractivity contribution in [2.75, 3.05) is 51.0 Å². The highest BCUT2D eigenvalue weighted by Crippen LogP contribution is 2.16. The van der Waals surface area contributed by atoms with E-state index in [4.69, 9.17) is 16.3 Å². The lowest BCUT2D eigenvalue weighted by Gasteiger charge is -2.35. The van der Waals surface area contributed by atoms with Crippen LogP contribution in [0, 0.1) is 5.92 Å². The van der Waals surface area contributed by atoms with E-state index in [-0.39, 0.29) is 11.7 Å². The molecule has 0 aromatic rings. The minimum absolute atomic E-state index is 0.00610. The van der Waals surface area contributed by atoms with E-state index >= 15 is 0 Å². The number of hydrogen-bond acceptors (Lipinski definition) is 4. The summed E-state index contributed by atoms with van der Waals surface area (Å²) >= 11 is 5.71. The summed E-state index contributed by atoms with van der Waals surface area (Å²) in [6.07, 6.45) is 2.62. The number of hydrogen-bond donors (Lipinski definition) is 0. The molecular formula is C13H25ClN2O3S. The third-order valence-electron chi connectivity index (χ3n) is 3.97. The van der Waals surface area contributed by atoms with Crippen molar-refractivity contribution in [3.63, 3.8) is 0 Å². The highest BCUT2D eigenvalue weighted by atomic mass is 35.5. The highest BCUT2D eigenvalue weighted by molar-refractivity contribution is 7.89. The molecule has 2 rings (SSSR count). The van der Waals surface area contributed by atoms with Gasteiger partial charge in [-0.2, -0.15) is 4.31 Å². The first kappa shape index (κ1) is 16.5. The maximum absolute atomic E-state index is 12.2. The van der Waals surface area contributed by atoms with Gasteiger partial charge in [0.2, 0.25) is 10.0 Å². The molecule has 0 aromatic heterocycles. The zero-order valence-corrected chi connectivity index (χ0v) is 13.7. The number of nitrogens with zero attached hydrogens (tertiary/aromatic N) is 2. The molecule has 20 heavy (non-hydrogen) atoms. The number of alkyl halides is 1. The van der Waals surface area contributed by atoms with E-state index < -0.39 is 10.0 Å². The van der Waals surface area contributed by atoms with Crippen molar-refractivity contribution in [3.05, 3.63) is 0 Å². The predicted molar refractivity (Wildman–Crippen MR) is 80.7 cm³/mol. The summed E-state index contributed by atoms with van der Waals surface area (Å²) in [7, 11) is -3.15. The molecule has 0 amide bonds. The molecule has 7 heteroatoms. The van der Waals surface area contributed by atoms with Gasteiger partial charge in [0, 0.05) is 45.2 Å². The number of ether oxygens (including phenoxy) is 1. The Hall–Kier alpha value is 0.120.